The van der Waals surface area contributed by atoms with Gasteiger partial charge in [0.15, 0.2) is 0 Å². The Balaban J connectivity index is 1.84. The summed E-state index contributed by atoms with van der Waals surface area (Å²) in [7, 11) is 0. The van der Waals surface area contributed by atoms with Gasteiger partial charge in [0, 0.05) is 6.42 Å². The van der Waals surface area contributed by atoms with E-state index in [1.165, 1.54) is 24.3 Å². The maximum absolute atomic E-state index is 12.3. The molecule has 5 N–H and O–H groups in total. The molecule has 8 heteroatoms. The molecule has 1 atom stereocenters. The average molecular weight is 411 g/mol. The Bertz CT molecular complexity index is 892. The number of carboxylic acids is 2. The molecule has 0 saturated carbocycles. The van der Waals surface area contributed by atoms with E-state index in [1.807, 2.05) is 24.3 Å². The van der Waals surface area contributed by atoms with Crippen molar-refractivity contribution in [3.05, 3.63) is 70.8 Å². The molecule has 30 heavy (non-hydrogen) atoms. The highest BCUT2D eigenvalue weighted by Crippen LogP contribution is 2.18. The van der Waals surface area contributed by atoms with Gasteiger partial charge in [-0.3, -0.25) is 9.59 Å². The number of amides is 1. The molecule has 2 aromatic rings. The number of aliphatic carboxylic acids is 1. The standard InChI is InChI=1S/C22H25N3O5/c23-24-14-16-7-5-15(6-8-16)3-1-2-4-20(26)25-19(13-21(27)28)17-9-11-18(12-10-17)22(29)30/h5-12,14,19H,1-4,13,23H2,(H,25,26)(H,27,28)(H,29,30). The van der Waals surface area contributed by atoms with Gasteiger partial charge in [-0.15, -0.1) is 0 Å². The third-order valence-corrected chi connectivity index (χ3v) is 4.60. The van der Waals surface area contributed by atoms with E-state index >= 15 is 0 Å². The van der Waals surface area contributed by atoms with Gasteiger partial charge in [-0.25, -0.2) is 4.79 Å². The average Bonchev–Trinajstić information content (AvgIpc) is 2.72. The molecule has 8 nitrogen and oxygen atoms in total. The quantitative estimate of drug-likeness (QED) is 0.194. The Kier molecular flexibility index (Phi) is 8.56. The molecule has 0 fully saturated rings. The number of benzene rings is 2. The monoisotopic (exact) mass is 411 g/mol. The van der Waals surface area contributed by atoms with Gasteiger partial charge in [0.25, 0.3) is 0 Å². The van der Waals surface area contributed by atoms with E-state index in [1.54, 1.807) is 6.21 Å². The van der Waals surface area contributed by atoms with Crippen LogP contribution < -0.4 is 11.2 Å². The molecule has 0 aliphatic carbocycles. The largest absolute Gasteiger partial charge is 0.481 e. The first-order chi connectivity index (χ1) is 14.4. The summed E-state index contributed by atoms with van der Waals surface area (Å²) in [6, 6.07) is 12.9. The van der Waals surface area contributed by atoms with Crippen molar-refractivity contribution in [1.29, 1.82) is 0 Å². The molecular weight excluding hydrogens is 386 g/mol. The number of carbonyl (C=O) groups excluding carboxylic acids is 1. The first-order valence-electron chi connectivity index (χ1n) is 9.55. The van der Waals surface area contributed by atoms with Gasteiger partial charge < -0.3 is 21.4 Å². The molecule has 0 bridgehead atoms. The zero-order valence-corrected chi connectivity index (χ0v) is 16.5. The number of carbonyl (C=O) groups is 3. The Morgan fingerprint density at radius 3 is 2.23 bits per heavy atom. The fourth-order valence-electron chi connectivity index (χ4n) is 3.02. The minimum atomic E-state index is -1.07. The van der Waals surface area contributed by atoms with Crippen LogP contribution >= 0.6 is 0 Å². The molecule has 0 aromatic heterocycles. The van der Waals surface area contributed by atoms with Crippen molar-refractivity contribution in [2.45, 2.75) is 38.1 Å². The number of carboxylic acid groups (broad SMARTS) is 2. The lowest BCUT2D eigenvalue weighted by atomic mass is 10.0. The summed E-state index contributed by atoms with van der Waals surface area (Å²) in [6.07, 6.45) is 3.86. The molecule has 0 saturated heterocycles. The predicted octanol–water partition coefficient (Wildman–Crippen LogP) is 2.72. The van der Waals surface area contributed by atoms with Crippen LogP contribution in [0.4, 0.5) is 0 Å². The molecule has 0 radical (unpaired) electrons. The van der Waals surface area contributed by atoms with Crippen LogP contribution in [0.5, 0.6) is 0 Å². The first kappa shape index (κ1) is 22.6. The van der Waals surface area contributed by atoms with Gasteiger partial charge >= 0.3 is 11.9 Å². The van der Waals surface area contributed by atoms with E-state index in [9.17, 15) is 14.4 Å². The fraction of sp³-hybridized carbons (Fsp3) is 0.273. The van der Waals surface area contributed by atoms with Crippen LogP contribution in [0.25, 0.3) is 0 Å². The third kappa shape index (κ3) is 7.38. The number of hydrogen-bond donors (Lipinski definition) is 4. The number of nitrogens with two attached hydrogens (primary N) is 1. The Morgan fingerprint density at radius 2 is 1.67 bits per heavy atom. The molecule has 1 amide bonds. The minimum absolute atomic E-state index is 0.0995. The second-order valence-electron chi connectivity index (χ2n) is 6.87. The van der Waals surface area contributed by atoms with Gasteiger partial charge in [0.1, 0.15) is 0 Å². The lowest BCUT2D eigenvalue weighted by molar-refractivity contribution is -0.137. The van der Waals surface area contributed by atoms with E-state index in [0.29, 0.717) is 12.0 Å². The lowest BCUT2D eigenvalue weighted by Crippen LogP contribution is -2.30. The first-order valence-corrected chi connectivity index (χ1v) is 9.55. The maximum atomic E-state index is 12.3. The van der Waals surface area contributed by atoms with Crippen LogP contribution in [-0.2, 0) is 16.0 Å². The van der Waals surface area contributed by atoms with Crippen LogP contribution in [0.3, 0.4) is 0 Å². The molecule has 0 aliphatic heterocycles. The van der Waals surface area contributed by atoms with Crippen molar-refractivity contribution in [2.75, 3.05) is 0 Å². The summed E-state index contributed by atoms with van der Waals surface area (Å²) in [5.41, 5.74) is 2.72. The summed E-state index contributed by atoms with van der Waals surface area (Å²) >= 11 is 0. The highest BCUT2D eigenvalue weighted by Gasteiger charge is 2.18. The summed E-state index contributed by atoms with van der Waals surface area (Å²) in [4.78, 5) is 34.4. The molecule has 2 aromatic carbocycles. The summed E-state index contributed by atoms with van der Waals surface area (Å²) in [6.45, 7) is 0. The van der Waals surface area contributed by atoms with Crippen LogP contribution in [0, 0.1) is 0 Å². The minimum Gasteiger partial charge on any atom is -0.481 e. The van der Waals surface area contributed by atoms with E-state index < -0.39 is 18.0 Å². The van der Waals surface area contributed by atoms with Crippen LogP contribution in [0.2, 0.25) is 0 Å². The molecule has 158 valence electrons. The molecule has 1 unspecified atom stereocenters. The van der Waals surface area contributed by atoms with Crippen molar-refractivity contribution in [2.24, 2.45) is 10.9 Å². The number of nitrogens with one attached hydrogen (secondary N) is 1. The number of rotatable bonds is 11. The third-order valence-electron chi connectivity index (χ3n) is 4.60. The highest BCUT2D eigenvalue weighted by molar-refractivity contribution is 5.87. The lowest BCUT2D eigenvalue weighted by Gasteiger charge is -2.17. The van der Waals surface area contributed by atoms with E-state index in [4.69, 9.17) is 16.1 Å². The fourth-order valence-corrected chi connectivity index (χ4v) is 3.02. The molecule has 2 rings (SSSR count). The van der Waals surface area contributed by atoms with E-state index in [0.717, 1.165) is 24.0 Å². The van der Waals surface area contributed by atoms with Crippen molar-refractivity contribution >= 4 is 24.1 Å². The number of hydrogen-bond acceptors (Lipinski definition) is 5. The predicted molar refractivity (Wildman–Crippen MR) is 112 cm³/mol. The van der Waals surface area contributed by atoms with Crippen molar-refractivity contribution in [3.63, 3.8) is 0 Å². The number of aromatic carboxylic acids is 1. The van der Waals surface area contributed by atoms with Crippen LogP contribution in [0.15, 0.2) is 53.6 Å². The number of hydrazone groups is 1. The highest BCUT2D eigenvalue weighted by atomic mass is 16.4. The van der Waals surface area contributed by atoms with Crippen molar-refractivity contribution in [3.8, 4) is 0 Å². The number of nitrogens with zero attached hydrogens (tertiary/aromatic N) is 1. The smallest absolute Gasteiger partial charge is 0.335 e. The van der Waals surface area contributed by atoms with Gasteiger partial charge in [0.2, 0.25) is 5.91 Å². The molecule has 0 spiro atoms. The van der Waals surface area contributed by atoms with Crippen LogP contribution in [-0.4, -0.2) is 34.3 Å². The van der Waals surface area contributed by atoms with E-state index in [-0.39, 0.29) is 24.3 Å². The van der Waals surface area contributed by atoms with Gasteiger partial charge in [-0.1, -0.05) is 36.4 Å². The molecular formula is C22H25N3O5. The second kappa shape index (κ2) is 11.4. The van der Waals surface area contributed by atoms with E-state index in [2.05, 4.69) is 10.4 Å². The Labute approximate surface area is 174 Å². The van der Waals surface area contributed by atoms with Crippen molar-refractivity contribution in [1.82, 2.24) is 5.32 Å². The van der Waals surface area contributed by atoms with Gasteiger partial charge in [0.05, 0.1) is 24.2 Å². The van der Waals surface area contributed by atoms with Crippen molar-refractivity contribution < 1.29 is 24.6 Å². The second-order valence-corrected chi connectivity index (χ2v) is 6.87. The molecule has 0 heterocycles. The number of aryl methyl sites for hydroxylation is 1. The SMILES string of the molecule is NN=Cc1ccc(CCCCC(=O)NC(CC(=O)O)c2ccc(C(=O)O)cc2)cc1. The summed E-state index contributed by atoms with van der Waals surface area (Å²) in [5.74, 6) is 2.76. The maximum Gasteiger partial charge on any atom is 0.335 e. The summed E-state index contributed by atoms with van der Waals surface area (Å²) in [5, 5.41) is 24.3. The Morgan fingerprint density at radius 1 is 1.00 bits per heavy atom. The summed E-state index contributed by atoms with van der Waals surface area (Å²) < 4.78 is 0. The van der Waals surface area contributed by atoms with Gasteiger partial charge in [-0.2, -0.15) is 5.10 Å². The normalized spacial score (nSPS) is 11.9. The Hall–Kier alpha value is -3.68. The zero-order chi connectivity index (χ0) is 21.9. The number of unbranched alkanes of at least 4 members (excludes halogenated alkanes) is 1. The van der Waals surface area contributed by atoms with Gasteiger partial charge in [-0.05, 0) is 48.1 Å². The molecule has 0 aliphatic rings. The zero-order valence-electron chi connectivity index (χ0n) is 16.5. The van der Waals surface area contributed by atoms with Crippen LogP contribution in [0.1, 0.15) is 58.8 Å². The topological polar surface area (TPSA) is 142 Å².